The first-order valence-electron chi connectivity index (χ1n) is 8.21. The summed E-state index contributed by atoms with van der Waals surface area (Å²) in [5.41, 5.74) is 0.228. The third kappa shape index (κ3) is 4.94. The van der Waals surface area contributed by atoms with Crippen LogP contribution in [0.25, 0.3) is 0 Å². The van der Waals surface area contributed by atoms with E-state index < -0.39 is 12.1 Å². The molecule has 6 nitrogen and oxygen atoms in total. The van der Waals surface area contributed by atoms with Crippen molar-refractivity contribution in [1.29, 1.82) is 0 Å². The molecule has 1 fully saturated rings. The fraction of sp³-hybridized carbons (Fsp3) is 0.588. The molecule has 0 aliphatic heterocycles. The van der Waals surface area contributed by atoms with Gasteiger partial charge in [-0.25, -0.2) is 9.78 Å². The van der Waals surface area contributed by atoms with E-state index in [4.69, 9.17) is 9.47 Å². The lowest BCUT2D eigenvalue weighted by Gasteiger charge is -2.24. The lowest BCUT2D eigenvalue weighted by Crippen LogP contribution is -2.42. The summed E-state index contributed by atoms with van der Waals surface area (Å²) in [4.78, 5) is 28.4. The van der Waals surface area contributed by atoms with E-state index in [1.807, 2.05) is 6.92 Å². The average Bonchev–Trinajstić information content (AvgIpc) is 2.56. The topological polar surface area (TPSA) is 77.5 Å². The van der Waals surface area contributed by atoms with Crippen LogP contribution in [-0.4, -0.2) is 35.6 Å². The molecule has 0 spiro atoms. The second-order valence-electron chi connectivity index (χ2n) is 5.68. The molecule has 1 aliphatic rings. The van der Waals surface area contributed by atoms with Crippen LogP contribution in [0.4, 0.5) is 0 Å². The minimum absolute atomic E-state index is 0.190. The molecule has 1 aliphatic carbocycles. The van der Waals surface area contributed by atoms with Crippen LogP contribution < -0.4 is 10.1 Å². The smallest absolute Gasteiger partial charge is 0.344 e. The Kier molecular flexibility index (Phi) is 6.38. The van der Waals surface area contributed by atoms with E-state index in [-0.39, 0.29) is 23.4 Å². The van der Waals surface area contributed by atoms with Crippen LogP contribution in [0.5, 0.6) is 5.88 Å². The quantitative estimate of drug-likeness (QED) is 0.815. The van der Waals surface area contributed by atoms with Crippen molar-refractivity contribution in [2.24, 2.45) is 0 Å². The molecule has 2 rings (SSSR count). The van der Waals surface area contributed by atoms with E-state index >= 15 is 0 Å². The van der Waals surface area contributed by atoms with Crippen LogP contribution in [0.2, 0.25) is 0 Å². The molecule has 1 heterocycles. The third-order valence-corrected chi connectivity index (χ3v) is 3.88. The monoisotopic (exact) mass is 320 g/mol. The summed E-state index contributed by atoms with van der Waals surface area (Å²) in [7, 11) is 0. The molecule has 0 aromatic carbocycles. The molecule has 126 valence electrons. The highest BCUT2D eigenvalue weighted by Gasteiger charge is 2.24. The van der Waals surface area contributed by atoms with Gasteiger partial charge in [0.05, 0.1) is 6.61 Å². The number of ether oxygens (including phenoxy) is 2. The van der Waals surface area contributed by atoms with Gasteiger partial charge in [-0.1, -0.05) is 19.3 Å². The summed E-state index contributed by atoms with van der Waals surface area (Å²) in [6.45, 7) is 3.78. The molecule has 0 saturated heterocycles. The zero-order valence-electron chi connectivity index (χ0n) is 13.7. The number of rotatable bonds is 6. The van der Waals surface area contributed by atoms with Gasteiger partial charge in [-0.05, 0) is 38.8 Å². The van der Waals surface area contributed by atoms with E-state index in [9.17, 15) is 9.59 Å². The predicted octanol–water partition coefficient (Wildman–Crippen LogP) is 2.47. The molecular formula is C17H24N2O4. The summed E-state index contributed by atoms with van der Waals surface area (Å²) in [6, 6.07) is 3.40. The molecule has 1 N–H and O–H groups in total. The van der Waals surface area contributed by atoms with E-state index in [0.717, 1.165) is 25.7 Å². The summed E-state index contributed by atoms with van der Waals surface area (Å²) in [5.74, 6) is -0.639. The number of pyridine rings is 1. The third-order valence-electron chi connectivity index (χ3n) is 3.88. The van der Waals surface area contributed by atoms with E-state index in [2.05, 4.69) is 10.3 Å². The highest BCUT2D eigenvalue weighted by Crippen LogP contribution is 2.18. The van der Waals surface area contributed by atoms with Gasteiger partial charge in [0.2, 0.25) is 5.88 Å². The summed E-state index contributed by atoms with van der Waals surface area (Å²) in [6.07, 6.45) is 6.16. The summed E-state index contributed by atoms with van der Waals surface area (Å²) >= 11 is 0. The lowest BCUT2D eigenvalue weighted by molar-refractivity contribution is -0.130. The van der Waals surface area contributed by atoms with E-state index in [1.165, 1.54) is 6.42 Å². The molecule has 1 aromatic rings. The van der Waals surface area contributed by atoms with Gasteiger partial charge in [0.15, 0.2) is 6.10 Å². The van der Waals surface area contributed by atoms with Crippen molar-refractivity contribution < 1.29 is 19.1 Å². The number of hydrogen-bond donors (Lipinski definition) is 1. The van der Waals surface area contributed by atoms with Gasteiger partial charge in [0.1, 0.15) is 5.56 Å². The van der Waals surface area contributed by atoms with Gasteiger partial charge >= 0.3 is 5.97 Å². The number of esters is 1. The zero-order chi connectivity index (χ0) is 16.7. The van der Waals surface area contributed by atoms with Gasteiger partial charge in [-0.15, -0.1) is 0 Å². The first-order valence-corrected chi connectivity index (χ1v) is 8.21. The van der Waals surface area contributed by atoms with Crippen molar-refractivity contribution >= 4 is 11.9 Å². The van der Waals surface area contributed by atoms with Gasteiger partial charge in [0, 0.05) is 12.2 Å². The summed E-state index contributed by atoms with van der Waals surface area (Å²) < 4.78 is 10.6. The van der Waals surface area contributed by atoms with Crippen LogP contribution >= 0.6 is 0 Å². The molecule has 23 heavy (non-hydrogen) atoms. The van der Waals surface area contributed by atoms with Crippen molar-refractivity contribution in [2.45, 2.75) is 58.1 Å². The predicted molar refractivity (Wildman–Crippen MR) is 85.3 cm³/mol. The zero-order valence-corrected chi connectivity index (χ0v) is 13.7. The van der Waals surface area contributed by atoms with Gasteiger partial charge in [-0.3, -0.25) is 4.79 Å². The minimum atomic E-state index is -0.848. The molecule has 1 aromatic heterocycles. The highest BCUT2D eigenvalue weighted by molar-refractivity contribution is 5.94. The fourth-order valence-corrected chi connectivity index (χ4v) is 2.64. The summed E-state index contributed by atoms with van der Waals surface area (Å²) in [5, 5.41) is 2.95. The second-order valence-corrected chi connectivity index (χ2v) is 5.68. The van der Waals surface area contributed by atoms with Crippen molar-refractivity contribution in [3.8, 4) is 5.88 Å². The van der Waals surface area contributed by atoms with Crippen molar-refractivity contribution in [1.82, 2.24) is 10.3 Å². The van der Waals surface area contributed by atoms with E-state index in [1.54, 1.807) is 25.3 Å². The normalized spacial score (nSPS) is 16.4. The molecular weight excluding hydrogens is 296 g/mol. The first kappa shape index (κ1) is 17.2. The first-order chi connectivity index (χ1) is 11.1. The van der Waals surface area contributed by atoms with Gasteiger partial charge in [0.25, 0.3) is 5.91 Å². The van der Waals surface area contributed by atoms with Crippen LogP contribution in [0.15, 0.2) is 18.3 Å². The lowest BCUT2D eigenvalue weighted by atomic mass is 9.95. The Bertz CT molecular complexity index is 541. The maximum atomic E-state index is 12.2. The number of carbonyl (C=O) groups is 2. The molecule has 1 atom stereocenters. The second kappa shape index (κ2) is 8.50. The number of hydrogen-bond acceptors (Lipinski definition) is 5. The fourth-order valence-electron chi connectivity index (χ4n) is 2.64. The Balaban J connectivity index is 1.92. The highest BCUT2D eigenvalue weighted by atomic mass is 16.5. The van der Waals surface area contributed by atoms with Gasteiger partial charge < -0.3 is 14.8 Å². The average molecular weight is 320 g/mol. The number of nitrogens with one attached hydrogen (secondary N) is 1. The van der Waals surface area contributed by atoms with Crippen molar-refractivity contribution in [3.63, 3.8) is 0 Å². The van der Waals surface area contributed by atoms with Crippen LogP contribution in [-0.2, 0) is 9.53 Å². The molecule has 1 amide bonds. The van der Waals surface area contributed by atoms with Gasteiger partial charge in [-0.2, -0.15) is 0 Å². The van der Waals surface area contributed by atoms with Crippen molar-refractivity contribution in [2.75, 3.05) is 6.61 Å². The maximum absolute atomic E-state index is 12.2. The molecule has 1 saturated carbocycles. The van der Waals surface area contributed by atoms with E-state index in [0.29, 0.717) is 6.61 Å². The van der Waals surface area contributed by atoms with Crippen LogP contribution in [0.3, 0.4) is 0 Å². The largest absolute Gasteiger partial charge is 0.477 e. The number of aromatic nitrogens is 1. The van der Waals surface area contributed by atoms with Crippen LogP contribution in [0.1, 0.15) is 56.3 Å². The van der Waals surface area contributed by atoms with Crippen LogP contribution in [0, 0.1) is 0 Å². The minimum Gasteiger partial charge on any atom is -0.477 e. The molecule has 0 radical (unpaired) electrons. The molecule has 6 heteroatoms. The Morgan fingerprint density at radius 3 is 2.78 bits per heavy atom. The Morgan fingerprint density at radius 1 is 1.35 bits per heavy atom. The molecule has 0 unspecified atom stereocenters. The Labute approximate surface area is 136 Å². The Hall–Kier alpha value is -2.11. The van der Waals surface area contributed by atoms with Crippen molar-refractivity contribution in [3.05, 3.63) is 23.9 Å². The number of carbonyl (C=O) groups excluding carboxylic acids is 2. The maximum Gasteiger partial charge on any atom is 0.344 e. The Morgan fingerprint density at radius 2 is 2.09 bits per heavy atom. The SMILES string of the molecule is CCOc1ncccc1C(=O)O[C@@H](C)C(=O)NC1CCCCC1. The standard InChI is InChI=1S/C17H24N2O4/c1-3-22-16-14(10-7-11-18-16)17(21)23-12(2)15(20)19-13-8-5-4-6-9-13/h7,10-13H,3-6,8-9H2,1-2H3,(H,19,20)/t12-/m0/s1. The number of amides is 1. The number of nitrogens with zero attached hydrogens (tertiary/aromatic N) is 1. The molecule has 0 bridgehead atoms.